The molecular weight excluding hydrogens is 560 g/mol. The van der Waals surface area contributed by atoms with Gasteiger partial charge in [0.25, 0.3) is 11.8 Å². The Morgan fingerprint density at radius 3 is 1.91 bits per heavy atom. The Morgan fingerprint density at radius 2 is 1.37 bits per heavy atom. The van der Waals surface area contributed by atoms with Gasteiger partial charge in [0.2, 0.25) is 0 Å². The normalized spacial score (nSPS) is 22.7. The van der Waals surface area contributed by atoms with Crippen LogP contribution in [0, 0.1) is 0 Å². The van der Waals surface area contributed by atoms with E-state index in [-0.39, 0.29) is 30.6 Å². The smallest absolute Gasteiger partial charge is 0.479 e. The van der Waals surface area contributed by atoms with E-state index >= 15 is 0 Å². The van der Waals surface area contributed by atoms with E-state index in [1.54, 1.807) is 19.2 Å². The van der Waals surface area contributed by atoms with Crippen molar-refractivity contribution < 1.29 is 48.5 Å². The Morgan fingerprint density at radius 1 is 0.837 bits per heavy atom. The SMILES string of the molecule is CN(C(=O)O[C@H]1/C=C/CCCCC1)c1ccc([C@@H](O)C(=O)O)cc1.O=C(O[C@H]1/C=C/CCCCC1)ON1C(=O)CCC1=O. The molecule has 0 radical (unpaired) electrons. The minimum absolute atomic E-state index is 0.0788. The summed E-state index contributed by atoms with van der Waals surface area (Å²) in [6.07, 6.45) is 14.5. The number of amides is 3. The quantitative estimate of drug-likeness (QED) is 0.247. The highest BCUT2D eigenvalue weighted by Gasteiger charge is 2.34. The molecule has 0 spiro atoms. The van der Waals surface area contributed by atoms with E-state index in [1.807, 2.05) is 18.2 Å². The Kier molecular flexibility index (Phi) is 13.2. The van der Waals surface area contributed by atoms with Gasteiger partial charge in [0.15, 0.2) is 6.10 Å². The highest BCUT2D eigenvalue weighted by atomic mass is 16.8. The van der Waals surface area contributed by atoms with Crippen molar-refractivity contribution in [3.8, 4) is 0 Å². The van der Waals surface area contributed by atoms with E-state index in [1.165, 1.54) is 23.5 Å². The maximum atomic E-state index is 12.3. The molecule has 2 aliphatic carbocycles. The van der Waals surface area contributed by atoms with E-state index in [0.717, 1.165) is 57.8 Å². The number of benzene rings is 1. The second-order valence-corrected chi connectivity index (χ2v) is 10.5. The third kappa shape index (κ3) is 10.9. The van der Waals surface area contributed by atoms with Crippen LogP contribution in [0.5, 0.6) is 0 Å². The summed E-state index contributed by atoms with van der Waals surface area (Å²) in [7, 11) is 1.59. The Bertz CT molecular complexity index is 1160. The monoisotopic (exact) mass is 600 g/mol. The molecule has 3 aliphatic rings. The highest BCUT2D eigenvalue weighted by Crippen LogP contribution is 2.21. The molecular formula is C31H40N2O10. The lowest BCUT2D eigenvalue weighted by atomic mass is 10.0. The number of aliphatic hydroxyl groups is 1. The number of aliphatic carboxylic acids is 1. The number of rotatable bonds is 6. The first-order chi connectivity index (χ1) is 20.7. The third-order valence-corrected chi connectivity index (χ3v) is 7.20. The summed E-state index contributed by atoms with van der Waals surface area (Å²) < 4.78 is 10.6. The van der Waals surface area contributed by atoms with Crippen LogP contribution in [0.2, 0.25) is 0 Å². The van der Waals surface area contributed by atoms with Crippen molar-refractivity contribution in [2.24, 2.45) is 0 Å². The van der Waals surface area contributed by atoms with E-state index in [4.69, 9.17) is 14.6 Å². The lowest BCUT2D eigenvalue weighted by molar-refractivity contribution is -0.178. The van der Waals surface area contributed by atoms with Gasteiger partial charge in [-0.1, -0.05) is 42.2 Å². The summed E-state index contributed by atoms with van der Waals surface area (Å²) in [6.45, 7) is 0. The van der Waals surface area contributed by atoms with Crippen LogP contribution < -0.4 is 4.90 Å². The first kappa shape index (κ1) is 33.3. The van der Waals surface area contributed by atoms with Crippen molar-refractivity contribution in [1.82, 2.24) is 5.06 Å². The molecule has 12 heteroatoms. The molecule has 1 aliphatic heterocycles. The molecule has 0 aromatic heterocycles. The fraction of sp³-hybridized carbons (Fsp3) is 0.516. The molecule has 12 nitrogen and oxygen atoms in total. The van der Waals surface area contributed by atoms with Gasteiger partial charge in [0.1, 0.15) is 12.2 Å². The molecule has 43 heavy (non-hydrogen) atoms. The molecule has 1 saturated heterocycles. The van der Waals surface area contributed by atoms with E-state index in [2.05, 4.69) is 10.9 Å². The number of nitrogens with zero attached hydrogens (tertiary/aromatic N) is 2. The van der Waals surface area contributed by atoms with Crippen LogP contribution in [-0.4, -0.2) is 64.6 Å². The van der Waals surface area contributed by atoms with Gasteiger partial charge in [-0.15, -0.1) is 0 Å². The number of imide groups is 1. The molecule has 1 heterocycles. The van der Waals surface area contributed by atoms with Crippen LogP contribution in [0.25, 0.3) is 0 Å². The van der Waals surface area contributed by atoms with Crippen LogP contribution in [-0.2, 0) is 28.7 Å². The highest BCUT2D eigenvalue weighted by molar-refractivity contribution is 6.01. The maximum absolute atomic E-state index is 12.3. The van der Waals surface area contributed by atoms with Crippen LogP contribution >= 0.6 is 0 Å². The molecule has 3 amide bonds. The first-order valence-electron chi connectivity index (χ1n) is 14.7. The van der Waals surface area contributed by atoms with Gasteiger partial charge in [-0.2, -0.15) is 0 Å². The summed E-state index contributed by atoms with van der Waals surface area (Å²) in [4.78, 5) is 63.1. The van der Waals surface area contributed by atoms with E-state index in [9.17, 15) is 29.1 Å². The Balaban J connectivity index is 0.000000242. The van der Waals surface area contributed by atoms with Gasteiger partial charge in [-0.05, 0) is 81.2 Å². The fourth-order valence-corrected chi connectivity index (χ4v) is 4.67. The largest absolute Gasteiger partial charge is 0.534 e. The topological polar surface area (TPSA) is 160 Å². The number of aliphatic hydroxyl groups excluding tert-OH is 1. The lowest BCUT2D eigenvalue weighted by Crippen LogP contribution is -2.33. The molecule has 1 fully saturated rings. The number of hydrogen-bond acceptors (Lipinski definition) is 9. The van der Waals surface area contributed by atoms with Gasteiger partial charge in [0, 0.05) is 25.6 Å². The zero-order valence-corrected chi connectivity index (χ0v) is 24.4. The molecule has 0 bridgehead atoms. The third-order valence-electron chi connectivity index (χ3n) is 7.20. The van der Waals surface area contributed by atoms with Gasteiger partial charge in [-0.25, -0.2) is 14.4 Å². The number of carbonyl (C=O) groups is 5. The molecule has 0 saturated carbocycles. The predicted octanol–water partition coefficient (Wildman–Crippen LogP) is 5.36. The Hall–Kier alpha value is -4.19. The second kappa shape index (κ2) is 17.1. The molecule has 1 aromatic carbocycles. The predicted molar refractivity (Wildman–Crippen MR) is 155 cm³/mol. The standard InChI is InChI=1S/C18H23NO5.C13H17NO5/c1-19(14-11-9-13(10-12-14)16(20)17(21)22)18(23)24-15-7-5-3-2-4-6-8-15;15-11-8-9-12(16)14(11)19-13(17)18-10-6-4-2-1-3-5-7-10/h5,7,9-12,15-16,20H,2-4,6,8H2,1H3,(H,21,22);4,6,10H,1-3,5,7-9H2/b7-5+;6-4+/t15-,16+;10-/m00/s1. The maximum Gasteiger partial charge on any atom is 0.534 e. The van der Waals surface area contributed by atoms with Gasteiger partial charge in [0.05, 0.1) is 0 Å². The van der Waals surface area contributed by atoms with Crippen molar-refractivity contribution in [3.05, 3.63) is 54.1 Å². The second-order valence-electron chi connectivity index (χ2n) is 10.5. The number of hydroxylamine groups is 2. The minimum atomic E-state index is -1.57. The number of carboxylic acids is 1. The van der Waals surface area contributed by atoms with Crippen molar-refractivity contribution >= 4 is 35.7 Å². The summed E-state index contributed by atoms with van der Waals surface area (Å²) in [5, 5.41) is 18.8. The zero-order chi connectivity index (χ0) is 31.2. The number of anilines is 1. The van der Waals surface area contributed by atoms with Crippen molar-refractivity contribution in [1.29, 1.82) is 0 Å². The van der Waals surface area contributed by atoms with E-state index in [0.29, 0.717) is 10.8 Å². The van der Waals surface area contributed by atoms with Crippen molar-refractivity contribution in [2.75, 3.05) is 11.9 Å². The summed E-state index contributed by atoms with van der Waals surface area (Å²) >= 11 is 0. The first-order valence-corrected chi connectivity index (χ1v) is 14.7. The average molecular weight is 601 g/mol. The number of allylic oxidation sites excluding steroid dienone is 2. The van der Waals surface area contributed by atoms with Gasteiger partial charge >= 0.3 is 18.2 Å². The summed E-state index contributed by atoms with van der Waals surface area (Å²) in [6, 6.07) is 6.12. The van der Waals surface area contributed by atoms with Crippen LogP contribution in [0.3, 0.4) is 0 Å². The molecule has 1 aromatic rings. The Labute approximate surface area is 250 Å². The summed E-state index contributed by atoms with van der Waals surface area (Å²) in [5.41, 5.74) is 0.826. The number of carboxylic acid groups (broad SMARTS) is 1. The van der Waals surface area contributed by atoms with Crippen molar-refractivity contribution in [3.63, 3.8) is 0 Å². The number of hydrogen-bond donors (Lipinski definition) is 2. The van der Waals surface area contributed by atoms with E-state index < -0.39 is 36.1 Å². The average Bonchev–Trinajstić information content (AvgIpc) is 3.27. The van der Waals surface area contributed by atoms with Gasteiger partial charge in [-0.3, -0.25) is 19.3 Å². The molecule has 234 valence electrons. The lowest BCUT2D eigenvalue weighted by Gasteiger charge is -2.22. The van der Waals surface area contributed by atoms with Gasteiger partial charge < -0.3 is 19.7 Å². The van der Waals surface area contributed by atoms with Crippen LogP contribution in [0.15, 0.2) is 48.6 Å². The molecule has 2 N–H and O–H groups in total. The van der Waals surface area contributed by atoms with Crippen LogP contribution in [0.1, 0.15) is 88.7 Å². The number of carbonyl (C=O) groups excluding carboxylic acids is 4. The molecule has 3 atom stereocenters. The minimum Gasteiger partial charge on any atom is -0.479 e. The fourth-order valence-electron chi connectivity index (χ4n) is 4.67. The summed E-state index contributed by atoms with van der Waals surface area (Å²) in [5.74, 6) is -2.32. The molecule has 0 unspecified atom stereocenters. The zero-order valence-electron chi connectivity index (χ0n) is 24.4. The van der Waals surface area contributed by atoms with Crippen LogP contribution in [0.4, 0.5) is 15.3 Å². The molecule has 4 rings (SSSR count). The number of ether oxygens (including phenoxy) is 2. The van der Waals surface area contributed by atoms with Crippen molar-refractivity contribution in [2.45, 2.75) is 95.4 Å².